The third-order valence-corrected chi connectivity index (χ3v) is 0.431. The summed E-state index contributed by atoms with van der Waals surface area (Å²) in [6.45, 7) is 3.70. The van der Waals surface area contributed by atoms with E-state index < -0.39 is 6.03 Å². The van der Waals surface area contributed by atoms with Crippen LogP contribution in [0.3, 0.4) is 0 Å². The van der Waals surface area contributed by atoms with Crippen molar-refractivity contribution in [2.75, 3.05) is 0 Å². The van der Waals surface area contributed by atoms with E-state index >= 15 is 0 Å². The first kappa shape index (κ1) is 10.7. The van der Waals surface area contributed by atoms with E-state index in [9.17, 15) is 4.79 Å². The van der Waals surface area contributed by atoms with Crippen LogP contribution in [-0.4, -0.2) is 12.1 Å². The van der Waals surface area contributed by atoms with Gasteiger partial charge in [-0.2, -0.15) is 0 Å². The van der Waals surface area contributed by atoms with Crippen LogP contribution in [0.1, 0.15) is 13.8 Å². The lowest BCUT2D eigenvalue weighted by atomic mass is 10.4. The van der Waals surface area contributed by atoms with Crippen molar-refractivity contribution in [3.05, 3.63) is 0 Å². The fourth-order valence-corrected chi connectivity index (χ4v) is 0.285. The second-order valence-corrected chi connectivity index (χ2v) is 1.66. The second-order valence-electron chi connectivity index (χ2n) is 1.66. The van der Waals surface area contributed by atoms with Gasteiger partial charge >= 0.3 is 6.03 Å². The minimum Gasteiger partial charge on any atom is -0.352 e. The zero-order chi connectivity index (χ0) is 5.86. The largest absolute Gasteiger partial charge is 0.352 e. The lowest BCUT2D eigenvalue weighted by Crippen LogP contribution is -2.34. The highest BCUT2D eigenvalue weighted by Gasteiger charge is 1.91. The van der Waals surface area contributed by atoms with Gasteiger partial charge in [0.15, 0.2) is 0 Å². The topological polar surface area (TPSA) is 55.1 Å². The number of urea groups is 1. The molecule has 0 heterocycles. The number of nitrogens with one attached hydrogen (secondary N) is 1. The van der Waals surface area contributed by atoms with Gasteiger partial charge in [-0.25, -0.2) is 4.79 Å². The lowest BCUT2D eigenvalue weighted by molar-refractivity contribution is 0.247. The molecule has 0 aliphatic rings. The van der Waals surface area contributed by atoms with Gasteiger partial charge in [0.2, 0.25) is 0 Å². The number of hydrogen-bond acceptors (Lipinski definition) is 1. The van der Waals surface area contributed by atoms with E-state index in [2.05, 4.69) is 5.32 Å². The van der Waals surface area contributed by atoms with Crippen molar-refractivity contribution >= 4 is 23.0 Å². The van der Waals surface area contributed by atoms with Crippen LogP contribution in [-0.2, 0) is 0 Å². The van der Waals surface area contributed by atoms with Crippen molar-refractivity contribution in [2.45, 2.75) is 19.9 Å². The Balaban J connectivity index is 0. The minimum atomic E-state index is -0.463. The molecule has 0 bridgehead atoms. The predicted octanol–water partition coefficient (Wildman–Crippen LogP) is 0.641. The number of halogens is 1. The fraction of sp³-hybridized carbons (Fsp3) is 0.750. The number of carbonyl (C=O) groups excluding carboxylic acids is 1. The van der Waals surface area contributed by atoms with E-state index in [1.807, 2.05) is 13.8 Å². The maximum Gasteiger partial charge on any atom is 0.312 e. The van der Waals surface area contributed by atoms with Crippen molar-refractivity contribution < 1.29 is 4.79 Å². The van der Waals surface area contributed by atoms with Gasteiger partial charge < -0.3 is 11.1 Å². The molecule has 0 aromatic heterocycles. The number of hydrogen-bond donors (Lipinski definition) is 2. The normalized spacial score (nSPS) is 7.88. The van der Waals surface area contributed by atoms with Crippen molar-refractivity contribution in [3.63, 3.8) is 0 Å². The predicted molar refractivity (Wildman–Crippen MR) is 38.2 cm³/mol. The van der Waals surface area contributed by atoms with Crippen LogP contribution < -0.4 is 11.1 Å². The molecular weight excluding hydrogens is 172 g/mol. The van der Waals surface area contributed by atoms with E-state index in [1.54, 1.807) is 0 Å². The molecule has 0 spiro atoms. The van der Waals surface area contributed by atoms with Crippen LogP contribution in [0.5, 0.6) is 0 Å². The summed E-state index contributed by atoms with van der Waals surface area (Å²) in [4.78, 5) is 9.92. The first-order valence-corrected chi connectivity index (χ1v) is 2.19. The summed E-state index contributed by atoms with van der Waals surface area (Å²) < 4.78 is 0. The standard InChI is InChI=1S/C4H10N2O.BrH/c1-3(2)6-4(5)7;/h3H,1-2H3,(H3,5,6,7);1H. The molecule has 0 rings (SSSR count). The van der Waals surface area contributed by atoms with Gasteiger partial charge in [-0.05, 0) is 13.8 Å². The quantitative estimate of drug-likeness (QED) is 0.615. The highest BCUT2D eigenvalue weighted by molar-refractivity contribution is 8.93. The average Bonchev–Trinajstić information content (AvgIpc) is 1.27. The molecule has 0 saturated heterocycles. The molecule has 2 amide bonds. The molecule has 0 unspecified atom stereocenters. The van der Waals surface area contributed by atoms with E-state index in [0.717, 1.165) is 0 Å². The molecule has 0 atom stereocenters. The first-order chi connectivity index (χ1) is 3.13. The molecule has 0 aliphatic heterocycles. The SMILES string of the molecule is Br.CC(C)NC(N)=O. The summed E-state index contributed by atoms with van der Waals surface area (Å²) in [7, 11) is 0. The molecule has 0 saturated carbocycles. The van der Waals surface area contributed by atoms with E-state index in [1.165, 1.54) is 0 Å². The zero-order valence-corrected chi connectivity index (χ0v) is 6.68. The second kappa shape index (κ2) is 4.90. The molecule has 0 aliphatic carbocycles. The minimum absolute atomic E-state index is 0. The molecule has 3 nitrogen and oxygen atoms in total. The number of amides is 2. The summed E-state index contributed by atoms with van der Waals surface area (Å²) in [5.41, 5.74) is 4.74. The van der Waals surface area contributed by atoms with Gasteiger partial charge in [-0.1, -0.05) is 0 Å². The first-order valence-electron chi connectivity index (χ1n) is 2.19. The van der Waals surface area contributed by atoms with Crippen molar-refractivity contribution in [2.24, 2.45) is 5.73 Å². The maximum absolute atomic E-state index is 9.92. The van der Waals surface area contributed by atoms with Crippen molar-refractivity contribution in [3.8, 4) is 0 Å². The Morgan fingerprint density at radius 3 is 2.00 bits per heavy atom. The van der Waals surface area contributed by atoms with Gasteiger partial charge in [0, 0.05) is 6.04 Å². The number of carbonyl (C=O) groups is 1. The van der Waals surface area contributed by atoms with Crippen molar-refractivity contribution in [1.82, 2.24) is 5.32 Å². The van der Waals surface area contributed by atoms with Gasteiger partial charge in [-0.3, -0.25) is 0 Å². The van der Waals surface area contributed by atoms with E-state index in [0.29, 0.717) is 0 Å². The monoisotopic (exact) mass is 182 g/mol. The highest BCUT2D eigenvalue weighted by Crippen LogP contribution is 1.71. The van der Waals surface area contributed by atoms with Crippen LogP contribution in [0, 0.1) is 0 Å². The van der Waals surface area contributed by atoms with Crippen LogP contribution >= 0.6 is 17.0 Å². The van der Waals surface area contributed by atoms with Crippen LogP contribution in [0.15, 0.2) is 0 Å². The maximum atomic E-state index is 9.92. The van der Waals surface area contributed by atoms with Gasteiger partial charge in [0.05, 0.1) is 0 Å². The van der Waals surface area contributed by atoms with E-state index in [-0.39, 0.29) is 23.0 Å². The summed E-state index contributed by atoms with van der Waals surface area (Å²) in [5.74, 6) is 0. The Hall–Kier alpha value is -0.250. The summed E-state index contributed by atoms with van der Waals surface area (Å²) in [6, 6.07) is -0.312. The number of primary amides is 1. The van der Waals surface area contributed by atoms with Gasteiger partial charge in [0.1, 0.15) is 0 Å². The highest BCUT2D eigenvalue weighted by atomic mass is 79.9. The summed E-state index contributed by atoms with van der Waals surface area (Å²) in [6.07, 6.45) is 0. The average molecular weight is 183 g/mol. The van der Waals surface area contributed by atoms with E-state index in [4.69, 9.17) is 5.73 Å². The molecule has 0 fully saturated rings. The molecule has 3 N–H and O–H groups in total. The summed E-state index contributed by atoms with van der Waals surface area (Å²) in [5, 5.41) is 2.44. The smallest absolute Gasteiger partial charge is 0.312 e. The zero-order valence-electron chi connectivity index (χ0n) is 4.97. The molecular formula is C4H11BrN2O. The molecule has 4 heteroatoms. The molecule has 50 valence electrons. The Bertz CT molecular complexity index is 74.4. The Kier molecular flexibility index (Phi) is 6.54. The molecule has 0 aromatic rings. The van der Waals surface area contributed by atoms with Gasteiger partial charge in [0.25, 0.3) is 0 Å². The Labute approximate surface area is 59.4 Å². The van der Waals surface area contributed by atoms with Crippen LogP contribution in [0.2, 0.25) is 0 Å². The fourth-order valence-electron chi connectivity index (χ4n) is 0.285. The summed E-state index contributed by atoms with van der Waals surface area (Å²) >= 11 is 0. The third kappa shape index (κ3) is 9.23. The lowest BCUT2D eigenvalue weighted by Gasteiger charge is -2.01. The van der Waals surface area contributed by atoms with Crippen LogP contribution in [0.25, 0.3) is 0 Å². The Morgan fingerprint density at radius 1 is 1.62 bits per heavy atom. The number of nitrogens with two attached hydrogens (primary N) is 1. The molecule has 0 aromatic carbocycles. The molecule has 8 heavy (non-hydrogen) atoms. The third-order valence-electron chi connectivity index (χ3n) is 0.431. The van der Waals surface area contributed by atoms with Crippen molar-refractivity contribution in [1.29, 1.82) is 0 Å². The molecule has 0 radical (unpaired) electrons. The Morgan fingerprint density at radius 2 is 2.00 bits per heavy atom. The van der Waals surface area contributed by atoms with Gasteiger partial charge in [-0.15, -0.1) is 17.0 Å². The number of rotatable bonds is 1. The van der Waals surface area contributed by atoms with Crippen LogP contribution in [0.4, 0.5) is 4.79 Å².